The lowest BCUT2D eigenvalue weighted by molar-refractivity contribution is -0.314. The smallest absolute Gasteiger partial charge is 0.335 e. The molecule has 0 aromatic carbocycles. The second kappa shape index (κ2) is 11.7. The number of carbonyl (C=O) groups excluding carboxylic acids is 1. The van der Waals surface area contributed by atoms with Gasteiger partial charge in [-0.25, -0.2) is 4.79 Å². The van der Waals surface area contributed by atoms with Crippen LogP contribution in [0.25, 0.3) is 0 Å². The summed E-state index contributed by atoms with van der Waals surface area (Å²) < 4.78 is 23.0. The molecule has 11 nitrogen and oxygen atoms in total. The van der Waals surface area contributed by atoms with Crippen molar-refractivity contribution in [1.82, 2.24) is 5.32 Å². The van der Waals surface area contributed by atoms with Crippen molar-refractivity contribution in [1.29, 1.82) is 0 Å². The largest absolute Gasteiger partial charge is 0.479 e. The van der Waals surface area contributed by atoms with Gasteiger partial charge in [-0.2, -0.15) is 0 Å². The molecule has 0 saturated carbocycles. The van der Waals surface area contributed by atoms with Crippen LogP contribution in [-0.4, -0.2) is 100 Å². The van der Waals surface area contributed by atoms with E-state index in [2.05, 4.69) is 5.32 Å². The van der Waals surface area contributed by atoms with Crippen LogP contribution in [0.1, 0.15) is 47.5 Å². The Bertz CT molecular complexity index is 632. The van der Waals surface area contributed by atoms with Crippen LogP contribution in [0.2, 0.25) is 0 Å². The Kier molecular flexibility index (Phi) is 9.83. The minimum Gasteiger partial charge on any atom is -0.479 e. The van der Waals surface area contributed by atoms with Crippen LogP contribution in [0.15, 0.2) is 0 Å². The molecule has 0 aromatic rings. The predicted octanol–water partition coefficient (Wildman–Crippen LogP) is -0.603. The summed E-state index contributed by atoms with van der Waals surface area (Å²) >= 11 is 0. The van der Waals surface area contributed by atoms with Gasteiger partial charge in [-0.15, -0.1) is 0 Å². The molecule has 2 rings (SSSR count). The lowest BCUT2D eigenvalue weighted by atomic mass is 9.87. The van der Waals surface area contributed by atoms with Crippen LogP contribution in [0.3, 0.4) is 0 Å². The van der Waals surface area contributed by atoms with Crippen LogP contribution in [0.5, 0.6) is 0 Å². The Balaban J connectivity index is 2.26. The van der Waals surface area contributed by atoms with Crippen molar-refractivity contribution in [3.05, 3.63) is 0 Å². The summed E-state index contributed by atoms with van der Waals surface area (Å²) in [5, 5.41) is 43.4. The number of hydrogen-bond acceptors (Lipinski definition) is 9. The summed E-state index contributed by atoms with van der Waals surface area (Å²) in [5.74, 6) is -1.77. The molecular formula is C21H37NO10. The van der Waals surface area contributed by atoms with Gasteiger partial charge in [-0.1, -0.05) is 20.8 Å². The molecule has 186 valence electrons. The number of aliphatic hydroxyl groups is 3. The molecule has 0 aliphatic carbocycles. The molecule has 11 heteroatoms. The predicted molar refractivity (Wildman–Crippen MR) is 111 cm³/mol. The molecule has 32 heavy (non-hydrogen) atoms. The van der Waals surface area contributed by atoms with Crippen molar-refractivity contribution in [2.24, 2.45) is 5.92 Å². The van der Waals surface area contributed by atoms with Crippen LogP contribution in [0, 0.1) is 5.92 Å². The first-order valence-corrected chi connectivity index (χ1v) is 11.1. The summed E-state index contributed by atoms with van der Waals surface area (Å²) in [5.41, 5.74) is 0. The third kappa shape index (κ3) is 6.37. The monoisotopic (exact) mass is 463 g/mol. The van der Waals surface area contributed by atoms with Gasteiger partial charge in [-0.3, -0.25) is 4.79 Å². The minimum absolute atomic E-state index is 0.0485. The van der Waals surface area contributed by atoms with Crippen molar-refractivity contribution in [3.63, 3.8) is 0 Å². The summed E-state index contributed by atoms with van der Waals surface area (Å²) in [7, 11) is 0. The average molecular weight is 464 g/mol. The number of aliphatic carboxylic acids is 1. The molecule has 0 aromatic heterocycles. The van der Waals surface area contributed by atoms with E-state index < -0.39 is 67.6 Å². The molecular weight excluding hydrogens is 426 g/mol. The first-order valence-electron chi connectivity index (χ1n) is 11.1. The van der Waals surface area contributed by atoms with Gasteiger partial charge in [0.05, 0.1) is 31.0 Å². The Morgan fingerprint density at radius 3 is 2.34 bits per heavy atom. The second-order valence-corrected chi connectivity index (χ2v) is 8.84. The number of aliphatic hydroxyl groups excluding tert-OH is 3. The summed E-state index contributed by atoms with van der Waals surface area (Å²) in [6.45, 7) is 8.21. The fraction of sp³-hybridized carbons (Fsp3) is 0.905. The fourth-order valence-electron chi connectivity index (χ4n) is 4.08. The molecule has 0 bridgehead atoms. The van der Waals surface area contributed by atoms with E-state index in [4.69, 9.17) is 18.9 Å². The van der Waals surface area contributed by atoms with Gasteiger partial charge < -0.3 is 44.7 Å². The topological polar surface area (TPSA) is 164 Å². The maximum Gasteiger partial charge on any atom is 0.335 e. The number of ether oxygens (including phenoxy) is 4. The van der Waals surface area contributed by atoms with Crippen LogP contribution >= 0.6 is 0 Å². The molecule has 0 spiro atoms. The zero-order chi connectivity index (χ0) is 24.2. The van der Waals surface area contributed by atoms with Crippen molar-refractivity contribution < 1.29 is 49.0 Å². The van der Waals surface area contributed by atoms with Crippen molar-refractivity contribution in [3.8, 4) is 0 Å². The van der Waals surface area contributed by atoms with E-state index in [1.165, 1.54) is 6.92 Å². The molecule has 10 atom stereocenters. The fourth-order valence-corrected chi connectivity index (χ4v) is 4.08. The molecule has 8 unspecified atom stereocenters. The van der Waals surface area contributed by atoms with Gasteiger partial charge in [0.1, 0.15) is 24.4 Å². The first kappa shape index (κ1) is 26.9. The van der Waals surface area contributed by atoms with Gasteiger partial charge in [0.15, 0.2) is 12.4 Å². The molecule has 2 aliphatic heterocycles. The Hall–Kier alpha value is -1.34. The highest BCUT2D eigenvalue weighted by atomic mass is 16.7. The maximum absolute atomic E-state index is 11.8. The third-order valence-electron chi connectivity index (χ3n) is 5.89. The highest BCUT2D eigenvalue weighted by Gasteiger charge is 2.51. The number of nitrogens with one attached hydrogen (secondary N) is 1. The lowest BCUT2D eigenvalue weighted by Crippen LogP contribution is -2.67. The maximum atomic E-state index is 11.8. The molecule has 2 aliphatic rings. The number of carbonyl (C=O) groups is 2. The Morgan fingerprint density at radius 1 is 1.19 bits per heavy atom. The number of amides is 1. The highest BCUT2D eigenvalue weighted by Crippen LogP contribution is 2.32. The molecule has 0 radical (unpaired) electrons. The van der Waals surface area contributed by atoms with E-state index in [1.54, 1.807) is 6.92 Å². The number of rotatable bonds is 9. The molecule has 2 heterocycles. The first-order chi connectivity index (χ1) is 15.0. The summed E-state index contributed by atoms with van der Waals surface area (Å²) in [4.78, 5) is 23.6. The Labute approximate surface area is 188 Å². The third-order valence-corrected chi connectivity index (χ3v) is 5.89. The van der Waals surface area contributed by atoms with E-state index in [0.29, 0.717) is 6.42 Å². The summed E-state index contributed by atoms with van der Waals surface area (Å²) in [6, 6.07) is -0.821. The van der Waals surface area contributed by atoms with Crippen molar-refractivity contribution >= 4 is 11.9 Å². The molecule has 5 N–H and O–H groups in total. The van der Waals surface area contributed by atoms with Gasteiger partial charge in [-0.05, 0) is 19.3 Å². The van der Waals surface area contributed by atoms with Gasteiger partial charge in [0.2, 0.25) is 5.91 Å². The number of carboxylic acid groups (broad SMARTS) is 1. The highest BCUT2D eigenvalue weighted by molar-refractivity contribution is 5.73. The number of hydrogen-bond donors (Lipinski definition) is 5. The van der Waals surface area contributed by atoms with Gasteiger partial charge >= 0.3 is 5.97 Å². The van der Waals surface area contributed by atoms with Crippen LogP contribution < -0.4 is 5.32 Å². The van der Waals surface area contributed by atoms with E-state index in [1.807, 2.05) is 20.8 Å². The van der Waals surface area contributed by atoms with Gasteiger partial charge in [0, 0.05) is 13.3 Å². The quantitative estimate of drug-likeness (QED) is 0.298. The zero-order valence-corrected chi connectivity index (χ0v) is 19.2. The van der Waals surface area contributed by atoms with Crippen molar-refractivity contribution in [2.45, 2.75) is 109 Å². The molecule has 2 saturated heterocycles. The van der Waals surface area contributed by atoms with Crippen LogP contribution in [0.4, 0.5) is 0 Å². The summed E-state index contributed by atoms with van der Waals surface area (Å²) in [6.07, 6.45) is -8.60. The normalized spacial score (nSPS) is 39.0. The van der Waals surface area contributed by atoms with Gasteiger partial charge in [0.25, 0.3) is 0 Å². The van der Waals surface area contributed by atoms with Crippen molar-refractivity contribution in [2.75, 3.05) is 6.61 Å². The van der Waals surface area contributed by atoms with E-state index >= 15 is 0 Å². The van der Waals surface area contributed by atoms with E-state index in [-0.39, 0.29) is 24.3 Å². The molecule has 2 fully saturated rings. The molecule has 1 amide bonds. The second-order valence-electron chi connectivity index (χ2n) is 8.84. The van der Waals surface area contributed by atoms with E-state index in [0.717, 1.165) is 0 Å². The van der Waals surface area contributed by atoms with E-state index in [9.17, 15) is 30.0 Å². The standard InChI is InChI=1S/C21H37NO10/c1-6-10(4)29-13-7-12(25)21(31-18(13)20(27)28)32-19-15(22-11(5)24)17(9(2)3)30-14(8-23)16(19)26/h9-10,12-19,21,23,25-26H,6-8H2,1-5H3,(H,22,24)(H,27,28)/t10-,12?,13?,14?,15?,16?,17-,18?,19?,21?/m1/s1. The zero-order valence-electron chi connectivity index (χ0n) is 19.2. The van der Waals surface area contributed by atoms with Crippen LogP contribution in [-0.2, 0) is 28.5 Å². The lowest BCUT2D eigenvalue weighted by Gasteiger charge is -2.48. The number of carboxylic acids is 1. The SMILES string of the molecule is CC[C@@H](C)OC1CC(O)C(OC2C(O)C(CO)O[C@H](C(C)C)C2NC(C)=O)OC1C(=O)O. The minimum atomic E-state index is -1.39. The Morgan fingerprint density at radius 2 is 1.84 bits per heavy atom. The average Bonchev–Trinajstić information content (AvgIpc) is 2.71.